The van der Waals surface area contributed by atoms with Crippen LogP contribution in [0.15, 0.2) is 18.2 Å². The van der Waals surface area contributed by atoms with Crippen molar-refractivity contribution in [3.8, 4) is 0 Å². The van der Waals surface area contributed by atoms with Crippen molar-refractivity contribution in [1.82, 2.24) is 9.80 Å². The van der Waals surface area contributed by atoms with Gasteiger partial charge in [-0.1, -0.05) is 29.3 Å². The summed E-state index contributed by atoms with van der Waals surface area (Å²) in [6.07, 6.45) is -0.254. The van der Waals surface area contributed by atoms with Gasteiger partial charge in [0.2, 0.25) is 0 Å². The molecule has 5 nitrogen and oxygen atoms in total. The molecule has 0 bridgehead atoms. The molecule has 0 saturated carbocycles. The minimum Gasteiger partial charge on any atom is -0.444 e. The van der Waals surface area contributed by atoms with Crippen LogP contribution in [0.1, 0.15) is 32.4 Å². The van der Waals surface area contributed by atoms with Crippen molar-refractivity contribution in [2.45, 2.75) is 32.4 Å². The lowest BCUT2D eigenvalue weighted by molar-refractivity contribution is 0.0141. The molecule has 0 aromatic heterocycles. The fraction of sp³-hybridized carbons (Fsp3) is 0.588. The Morgan fingerprint density at radius 1 is 1.21 bits per heavy atom. The van der Waals surface area contributed by atoms with Crippen molar-refractivity contribution < 1.29 is 9.53 Å². The maximum absolute atomic E-state index is 12.1. The van der Waals surface area contributed by atoms with E-state index in [4.69, 9.17) is 33.7 Å². The maximum atomic E-state index is 12.1. The third kappa shape index (κ3) is 5.52. The maximum Gasteiger partial charge on any atom is 0.410 e. The van der Waals surface area contributed by atoms with Crippen molar-refractivity contribution in [1.29, 1.82) is 0 Å². The van der Waals surface area contributed by atoms with Crippen molar-refractivity contribution in [2.75, 3.05) is 32.7 Å². The number of nitrogens with two attached hydrogens (primary N) is 1. The molecule has 0 spiro atoms. The van der Waals surface area contributed by atoms with Gasteiger partial charge < -0.3 is 15.4 Å². The van der Waals surface area contributed by atoms with Crippen LogP contribution in [0.4, 0.5) is 4.79 Å². The first-order chi connectivity index (χ1) is 11.2. The summed E-state index contributed by atoms with van der Waals surface area (Å²) in [4.78, 5) is 16.1. The molecule has 1 unspecified atom stereocenters. The molecule has 7 heteroatoms. The smallest absolute Gasteiger partial charge is 0.410 e. The SMILES string of the molecule is CC(C)(C)OC(=O)N1CCN(CC(N)c2ccc(Cl)c(Cl)c2)CC1. The summed E-state index contributed by atoms with van der Waals surface area (Å²) in [5, 5.41) is 1.04. The predicted octanol–water partition coefficient (Wildman–Crippen LogP) is 3.55. The molecule has 1 fully saturated rings. The molecular formula is C17H25Cl2N3O2. The summed E-state index contributed by atoms with van der Waals surface area (Å²) < 4.78 is 5.40. The summed E-state index contributed by atoms with van der Waals surface area (Å²) in [6.45, 7) is 9.15. The molecule has 1 aromatic carbocycles. The first-order valence-electron chi connectivity index (χ1n) is 8.06. The summed E-state index contributed by atoms with van der Waals surface area (Å²) in [7, 11) is 0. The highest BCUT2D eigenvalue weighted by Gasteiger charge is 2.26. The number of hydrogen-bond donors (Lipinski definition) is 1. The number of piperazine rings is 1. The average molecular weight is 374 g/mol. The molecule has 1 aromatic rings. The van der Waals surface area contributed by atoms with Gasteiger partial charge in [0.05, 0.1) is 10.0 Å². The Hall–Kier alpha value is -1.01. The molecule has 1 saturated heterocycles. The molecule has 24 heavy (non-hydrogen) atoms. The van der Waals surface area contributed by atoms with Gasteiger partial charge in [0.1, 0.15) is 5.60 Å². The van der Waals surface area contributed by atoms with Gasteiger partial charge in [-0.2, -0.15) is 0 Å². The molecule has 134 valence electrons. The molecular weight excluding hydrogens is 349 g/mol. The van der Waals surface area contributed by atoms with Gasteiger partial charge in [0.15, 0.2) is 0 Å². The van der Waals surface area contributed by atoms with E-state index in [0.717, 1.165) is 18.7 Å². The van der Waals surface area contributed by atoms with Crippen LogP contribution in [0.25, 0.3) is 0 Å². The number of benzene rings is 1. The van der Waals surface area contributed by atoms with Gasteiger partial charge in [-0.25, -0.2) is 4.79 Å². The number of amides is 1. The first kappa shape index (κ1) is 19.3. The zero-order valence-electron chi connectivity index (χ0n) is 14.4. The Kier molecular flexibility index (Phi) is 6.37. The highest BCUT2D eigenvalue weighted by atomic mass is 35.5. The molecule has 1 aliphatic heterocycles. The Morgan fingerprint density at radius 3 is 2.38 bits per heavy atom. The normalized spacial score (nSPS) is 17.7. The van der Waals surface area contributed by atoms with Crippen LogP contribution in [-0.4, -0.2) is 54.2 Å². The Balaban J connectivity index is 1.84. The van der Waals surface area contributed by atoms with Crippen molar-refractivity contribution in [2.24, 2.45) is 5.73 Å². The largest absolute Gasteiger partial charge is 0.444 e. The lowest BCUT2D eigenvalue weighted by atomic mass is 10.1. The number of carbonyl (C=O) groups excluding carboxylic acids is 1. The van der Waals surface area contributed by atoms with Gasteiger partial charge in [-0.05, 0) is 38.5 Å². The second-order valence-electron chi connectivity index (χ2n) is 7.05. The molecule has 2 N–H and O–H groups in total. The van der Waals surface area contributed by atoms with Gasteiger partial charge in [-0.3, -0.25) is 4.90 Å². The molecule has 1 aliphatic rings. The lowest BCUT2D eigenvalue weighted by Crippen LogP contribution is -2.51. The Bertz CT molecular complexity index is 582. The van der Waals surface area contributed by atoms with E-state index < -0.39 is 5.60 Å². The summed E-state index contributed by atoms with van der Waals surface area (Å²) in [5.74, 6) is 0. The first-order valence-corrected chi connectivity index (χ1v) is 8.82. The third-order valence-electron chi connectivity index (χ3n) is 3.85. The summed E-state index contributed by atoms with van der Waals surface area (Å²) in [6, 6.07) is 5.33. The molecule has 1 heterocycles. The van der Waals surface area contributed by atoms with E-state index in [9.17, 15) is 4.79 Å². The fourth-order valence-corrected chi connectivity index (χ4v) is 2.87. The minimum atomic E-state index is -0.468. The van der Waals surface area contributed by atoms with Crippen LogP contribution in [-0.2, 0) is 4.74 Å². The number of carbonyl (C=O) groups is 1. The van der Waals surface area contributed by atoms with E-state index in [1.807, 2.05) is 32.9 Å². The van der Waals surface area contributed by atoms with Crippen LogP contribution >= 0.6 is 23.2 Å². The highest BCUT2D eigenvalue weighted by Crippen LogP contribution is 2.25. The van der Waals surface area contributed by atoms with E-state index >= 15 is 0 Å². The standard InChI is InChI=1S/C17H25Cl2N3O2/c1-17(2,3)24-16(23)22-8-6-21(7-9-22)11-15(20)12-4-5-13(18)14(19)10-12/h4-5,10,15H,6-9,11,20H2,1-3H3. The average Bonchev–Trinajstić information content (AvgIpc) is 2.49. The van der Waals surface area contributed by atoms with Gasteiger partial charge in [0, 0.05) is 38.8 Å². The van der Waals surface area contributed by atoms with Gasteiger partial charge in [-0.15, -0.1) is 0 Å². The van der Waals surface area contributed by atoms with Crippen molar-refractivity contribution in [3.63, 3.8) is 0 Å². The van der Waals surface area contributed by atoms with Crippen LogP contribution in [0.5, 0.6) is 0 Å². The van der Waals surface area contributed by atoms with Crippen molar-refractivity contribution in [3.05, 3.63) is 33.8 Å². The molecule has 1 atom stereocenters. The quantitative estimate of drug-likeness (QED) is 0.879. The number of rotatable bonds is 3. The lowest BCUT2D eigenvalue weighted by Gasteiger charge is -2.36. The number of halogens is 2. The van der Waals surface area contributed by atoms with Crippen LogP contribution in [0.3, 0.4) is 0 Å². The summed E-state index contributed by atoms with van der Waals surface area (Å²) in [5.41, 5.74) is 6.76. The van der Waals surface area contributed by atoms with Crippen LogP contribution in [0, 0.1) is 0 Å². The highest BCUT2D eigenvalue weighted by molar-refractivity contribution is 6.42. The Morgan fingerprint density at radius 2 is 1.83 bits per heavy atom. The van der Waals surface area contributed by atoms with Gasteiger partial charge >= 0.3 is 6.09 Å². The van der Waals surface area contributed by atoms with E-state index in [0.29, 0.717) is 29.7 Å². The molecule has 2 rings (SSSR count). The minimum absolute atomic E-state index is 0.146. The molecule has 0 aliphatic carbocycles. The number of nitrogens with zero attached hydrogens (tertiary/aromatic N) is 2. The van der Waals surface area contributed by atoms with E-state index in [2.05, 4.69) is 4.90 Å². The summed E-state index contributed by atoms with van der Waals surface area (Å²) >= 11 is 12.0. The second-order valence-corrected chi connectivity index (χ2v) is 7.86. The molecule has 0 radical (unpaired) electrons. The number of hydrogen-bond acceptors (Lipinski definition) is 4. The topological polar surface area (TPSA) is 58.8 Å². The third-order valence-corrected chi connectivity index (χ3v) is 4.59. The fourth-order valence-electron chi connectivity index (χ4n) is 2.57. The molecule has 1 amide bonds. The Labute approximate surface area is 153 Å². The monoisotopic (exact) mass is 373 g/mol. The van der Waals surface area contributed by atoms with E-state index in [1.54, 1.807) is 11.0 Å². The van der Waals surface area contributed by atoms with E-state index in [-0.39, 0.29) is 12.1 Å². The van der Waals surface area contributed by atoms with Gasteiger partial charge in [0.25, 0.3) is 0 Å². The van der Waals surface area contributed by atoms with Crippen molar-refractivity contribution >= 4 is 29.3 Å². The zero-order valence-corrected chi connectivity index (χ0v) is 15.9. The number of ether oxygens (including phenoxy) is 1. The van der Waals surface area contributed by atoms with Crippen LogP contribution < -0.4 is 5.73 Å². The van der Waals surface area contributed by atoms with Crippen LogP contribution in [0.2, 0.25) is 10.0 Å². The predicted molar refractivity (Wildman–Crippen MR) is 97.6 cm³/mol. The second kappa shape index (κ2) is 7.91. The zero-order chi connectivity index (χ0) is 17.9. The van der Waals surface area contributed by atoms with E-state index in [1.165, 1.54) is 0 Å².